The molecule has 1 amide bonds. The molecule has 0 aromatic carbocycles. The molecule has 1 aromatic rings. The topological polar surface area (TPSA) is 74.5 Å². The molecule has 1 heterocycles. The Kier molecular flexibility index (Phi) is 4.38. The fraction of sp³-hybridized carbons (Fsp3) is 0.400. The van der Waals surface area contributed by atoms with E-state index < -0.39 is 11.6 Å². The summed E-state index contributed by atoms with van der Waals surface area (Å²) in [6, 6.07) is 0.661. The zero-order valence-electron chi connectivity index (χ0n) is 10.4. The number of anilines is 2. The van der Waals surface area contributed by atoms with Crippen molar-refractivity contribution in [1.82, 2.24) is 9.88 Å². The van der Waals surface area contributed by atoms with Crippen molar-refractivity contribution in [2.75, 3.05) is 38.0 Å². The summed E-state index contributed by atoms with van der Waals surface area (Å²) in [6.45, 7) is -0.0768. The number of hydrazine groups is 1. The van der Waals surface area contributed by atoms with Gasteiger partial charge >= 0.3 is 0 Å². The second-order valence-corrected chi connectivity index (χ2v) is 3.91. The maximum absolute atomic E-state index is 13.5. The van der Waals surface area contributed by atoms with Crippen LogP contribution in [0.4, 0.5) is 20.4 Å². The lowest BCUT2D eigenvalue weighted by molar-refractivity contribution is -0.127. The van der Waals surface area contributed by atoms with Crippen molar-refractivity contribution in [3.63, 3.8) is 0 Å². The molecule has 0 saturated carbocycles. The lowest BCUT2D eigenvalue weighted by atomic mass is 10.3. The second kappa shape index (κ2) is 5.58. The van der Waals surface area contributed by atoms with Crippen LogP contribution in [0.15, 0.2) is 6.07 Å². The van der Waals surface area contributed by atoms with E-state index in [2.05, 4.69) is 4.98 Å². The summed E-state index contributed by atoms with van der Waals surface area (Å²) >= 11 is 0. The van der Waals surface area contributed by atoms with Crippen molar-refractivity contribution in [2.24, 2.45) is 5.84 Å². The Labute approximate surface area is 103 Å². The van der Waals surface area contributed by atoms with Crippen molar-refractivity contribution in [2.45, 2.75) is 0 Å². The van der Waals surface area contributed by atoms with E-state index in [0.29, 0.717) is 6.07 Å². The van der Waals surface area contributed by atoms with Crippen molar-refractivity contribution >= 4 is 17.5 Å². The van der Waals surface area contributed by atoms with Gasteiger partial charge in [-0.1, -0.05) is 0 Å². The number of aromatic nitrogens is 1. The van der Waals surface area contributed by atoms with Gasteiger partial charge < -0.3 is 15.2 Å². The van der Waals surface area contributed by atoms with Crippen LogP contribution in [-0.4, -0.2) is 43.5 Å². The fourth-order valence-electron chi connectivity index (χ4n) is 1.24. The molecule has 3 N–H and O–H groups in total. The van der Waals surface area contributed by atoms with E-state index in [-0.39, 0.29) is 24.1 Å². The van der Waals surface area contributed by atoms with E-state index in [1.54, 1.807) is 14.1 Å². The van der Waals surface area contributed by atoms with E-state index in [4.69, 9.17) is 5.84 Å². The molecule has 1 rings (SSSR count). The molecule has 0 atom stereocenters. The SMILES string of the molecule is CN(C)C(=O)CN(C)c1nc(NN)c(F)cc1F. The molecule has 1 aromatic heterocycles. The predicted octanol–water partition coefficient (Wildman–Crippen LogP) is 0.170. The van der Waals surface area contributed by atoms with Gasteiger partial charge in [0, 0.05) is 27.2 Å². The molecule has 0 saturated heterocycles. The Balaban J connectivity index is 2.98. The third kappa shape index (κ3) is 3.04. The number of hydrogen-bond donors (Lipinski definition) is 2. The Morgan fingerprint density at radius 2 is 2.00 bits per heavy atom. The molecule has 0 spiro atoms. The van der Waals surface area contributed by atoms with Crippen LogP contribution in [0.2, 0.25) is 0 Å². The molecular weight excluding hydrogens is 244 g/mol. The van der Waals surface area contributed by atoms with E-state index in [9.17, 15) is 13.6 Å². The third-order valence-electron chi connectivity index (χ3n) is 2.28. The van der Waals surface area contributed by atoms with Gasteiger partial charge in [-0.25, -0.2) is 19.6 Å². The van der Waals surface area contributed by atoms with Crippen LogP contribution < -0.4 is 16.2 Å². The fourth-order valence-corrected chi connectivity index (χ4v) is 1.24. The van der Waals surface area contributed by atoms with Gasteiger partial charge in [0.1, 0.15) is 0 Å². The number of amides is 1. The smallest absolute Gasteiger partial charge is 0.241 e. The number of rotatable bonds is 4. The summed E-state index contributed by atoms with van der Waals surface area (Å²) in [5.41, 5.74) is 2.02. The summed E-state index contributed by atoms with van der Waals surface area (Å²) < 4.78 is 26.7. The Bertz CT molecular complexity index is 452. The summed E-state index contributed by atoms with van der Waals surface area (Å²) in [7, 11) is 4.64. The van der Waals surface area contributed by atoms with Crippen molar-refractivity contribution in [3.8, 4) is 0 Å². The average molecular weight is 259 g/mol. The number of halogens is 2. The quantitative estimate of drug-likeness (QED) is 0.595. The Morgan fingerprint density at radius 1 is 1.39 bits per heavy atom. The number of likely N-dealkylation sites (N-methyl/N-ethyl adjacent to an activating group) is 2. The molecule has 18 heavy (non-hydrogen) atoms. The number of carbonyl (C=O) groups excluding carboxylic acids is 1. The normalized spacial score (nSPS) is 10.1. The van der Waals surface area contributed by atoms with Gasteiger partial charge in [0.25, 0.3) is 0 Å². The van der Waals surface area contributed by atoms with Crippen LogP contribution in [0.3, 0.4) is 0 Å². The van der Waals surface area contributed by atoms with Crippen LogP contribution in [0.25, 0.3) is 0 Å². The molecule has 0 aliphatic rings. The van der Waals surface area contributed by atoms with Crippen LogP contribution in [0.1, 0.15) is 0 Å². The summed E-state index contributed by atoms with van der Waals surface area (Å²) in [5, 5.41) is 0. The van der Waals surface area contributed by atoms with Gasteiger partial charge in [-0.05, 0) is 0 Å². The first kappa shape index (κ1) is 14.1. The molecular formula is C10H15F2N5O. The van der Waals surface area contributed by atoms with Crippen LogP contribution in [-0.2, 0) is 4.79 Å². The van der Waals surface area contributed by atoms with Gasteiger partial charge in [0.2, 0.25) is 5.91 Å². The highest BCUT2D eigenvalue weighted by molar-refractivity contribution is 5.80. The highest BCUT2D eigenvalue weighted by Crippen LogP contribution is 2.20. The van der Waals surface area contributed by atoms with E-state index in [1.807, 2.05) is 5.43 Å². The van der Waals surface area contributed by atoms with Gasteiger partial charge in [-0.2, -0.15) is 0 Å². The number of nitrogen functional groups attached to an aromatic ring is 1. The van der Waals surface area contributed by atoms with Crippen LogP contribution in [0.5, 0.6) is 0 Å². The highest BCUT2D eigenvalue weighted by Gasteiger charge is 2.17. The highest BCUT2D eigenvalue weighted by atomic mass is 19.1. The molecule has 0 aliphatic heterocycles. The lowest BCUT2D eigenvalue weighted by Crippen LogP contribution is -2.35. The summed E-state index contributed by atoms with van der Waals surface area (Å²) in [4.78, 5) is 17.8. The van der Waals surface area contributed by atoms with Crippen LogP contribution in [0, 0.1) is 11.6 Å². The largest absolute Gasteiger partial charge is 0.348 e. The second-order valence-electron chi connectivity index (χ2n) is 3.91. The standard InChI is InChI=1S/C10H15F2N5O/c1-16(2)8(18)5-17(3)10-7(12)4-6(11)9(14-10)15-13/h4H,5,13H2,1-3H3,(H,14,15). The molecule has 0 bridgehead atoms. The monoisotopic (exact) mass is 259 g/mol. The zero-order valence-corrected chi connectivity index (χ0v) is 10.4. The van der Waals surface area contributed by atoms with E-state index >= 15 is 0 Å². The molecule has 100 valence electrons. The number of nitrogens with zero attached hydrogens (tertiary/aromatic N) is 3. The Hall–Kier alpha value is -1.96. The minimum absolute atomic E-state index is 0.0768. The first-order chi connectivity index (χ1) is 8.36. The predicted molar refractivity (Wildman–Crippen MR) is 63.9 cm³/mol. The number of nitrogens with one attached hydrogen (secondary N) is 1. The zero-order chi connectivity index (χ0) is 13.9. The number of pyridine rings is 1. The molecule has 0 aliphatic carbocycles. The molecule has 0 fully saturated rings. The van der Waals surface area contributed by atoms with E-state index in [0.717, 1.165) is 0 Å². The number of carbonyl (C=O) groups is 1. The average Bonchev–Trinajstić information content (AvgIpc) is 2.28. The van der Waals surface area contributed by atoms with Gasteiger partial charge in [0.05, 0.1) is 6.54 Å². The minimum Gasteiger partial charge on any atom is -0.348 e. The molecule has 0 radical (unpaired) electrons. The first-order valence-electron chi connectivity index (χ1n) is 5.10. The number of hydrogen-bond acceptors (Lipinski definition) is 5. The lowest BCUT2D eigenvalue weighted by Gasteiger charge is -2.21. The van der Waals surface area contributed by atoms with Gasteiger partial charge in [-0.3, -0.25) is 4.79 Å². The van der Waals surface area contributed by atoms with Gasteiger partial charge in [-0.15, -0.1) is 0 Å². The van der Waals surface area contributed by atoms with Crippen molar-refractivity contribution < 1.29 is 13.6 Å². The van der Waals surface area contributed by atoms with Crippen LogP contribution >= 0.6 is 0 Å². The van der Waals surface area contributed by atoms with Crippen molar-refractivity contribution in [3.05, 3.63) is 17.7 Å². The summed E-state index contributed by atoms with van der Waals surface area (Å²) in [6.07, 6.45) is 0. The van der Waals surface area contributed by atoms with Crippen molar-refractivity contribution in [1.29, 1.82) is 0 Å². The van der Waals surface area contributed by atoms with Gasteiger partial charge in [0.15, 0.2) is 23.3 Å². The Morgan fingerprint density at radius 3 is 2.50 bits per heavy atom. The molecule has 8 heteroatoms. The number of nitrogens with two attached hydrogens (primary N) is 1. The first-order valence-corrected chi connectivity index (χ1v) is 5.10. The minimum atomic E-state index is -0.897. The molecule has 0 unspecified atom stereocenters. The van der Waals surface area contributed by atoms with E-state index in [1.165, 1.54) is 16.8 Å². The third-order valence-corrected chi connectivity index (χ3v) is 2.28. The maximum atomic E-state index is 13.5. The molecule has 6 nitrogen and oxygen atoms in total. The summed E-state index contributed by atoms with van der Waals surface area (Å²) in [5.74, 6) is 2.63. The maximum Gasteiger partial charge on any atom is 0.241 e.